The van der Waals surface area contributed by atoms with Gasteiger partial charge >= 0.3 is 0 Å². The minimum absolute atomic E-state index is 0.143. The Hall–Kier alpha value is -0.570. The van der Waals surface area contributed by atoms with Crippen molar-refractivity contribution < 1.29 is 4.79 Å². The molecule has 1 amide bonds. The Labute approximate surface area is 92.8 Å². The van der Waals surface area contributed by atoms with Gasteiger partial charge in [-0.15, -0.1) is 0 Å². The molecule has 0 heterocycles. The van der Waals surface area contributed by atoms with Gasteiger partial charge in [-0.1, -0.05) is 13.3 Å². The molecule has 0 aromatic carbocycles. The molecule has 1 aliphatic rings. The molecule has 2 unspecified atom stereocenters. The van der Waals surface area contributed by atoms with E-state index in [1.165, 1.54) is 6.42 Å². The largest absolute Gasteiger partial charge is 0.353 e. The predicted octanol–water partition coefficient (Wildman–Crippen LogP) is 1.81. The Kier molecular flexibility index (Phi) is 5.09. The van der Waals surface area contributed by atoms with Crippen LogP contribution in [0.4, 0.5) is 0 Å². The monoisotopic (exact) mass is 212 g/mol. The summed E-state index contributed by atoms with van der Waals surface area (Å²) >= 11 is 0. The van der Waals surface area contributed by atoms with Gasteiger partial charge in [0.1, 0.15) is 0 Å². The molecule has 0 aliphatic heterocycles. The van der Waals surface area contributed by atoms with Crippen LogP contribution >= 0.6 is 0 Å². The minimum atomic E-state index is 0.143. The van der Waals surface area contributed by atoms with Gasteiger partial charge in [0.15, 0.2) is 0 Å². The Morgan fingerprint density at radius 3 is 2.53 bits per heavy atom. The van der Waals surface area contributed by atoms with Gasteiger partial charge in [0.05, 0.1) is 0 Å². The molecule has 3 heteroatoms. The molecular formula is C12H24N2O. The molecule has 0 radical (unpaired) electrons. The summed E-state index contributed by atoms with van der Waals surface area (Å²) in [6, 6.07) is 0.722. The van der Waals surface area contributed by atoms with Crippen molar-refractivity contribution in [1.29, 1.82) is 0 Å². The molecule has 0 aromatic heterocycles. The van der Waals surface area contributed by atoms with Crippen molar-refractivity contribution in [3.63, 3.8) is 0 Å². The zero-order valence-electron chi connectivity index (χ0n) is 9.96. The van der Waals surface area contributed by atoms with Gasteiger partial charge < -0.3 is 11.1 Å². The first-order chi connectivity index (χ1) is 7.09. The van der Waals surface area contributed by atoms with E-state index in [0.717, 1.165) is 32.1 Å². The summed E-state index contributed by atoms with van der Waals surface area (Å²) in [5.74, 6) is 0.369. The number of nitrogens with one attached hydrogen (secondary N) is 1. The molecule has 3 N–H and O–H groups in total. The molecule has 0 spiro atoms. The highest BCUT2D eigenvalue weighted by atomic mass is 16.1. The molecule has 1 saturated carbocycles. The predicted molar refractivity (Wildman–Crippen MR) is 62.4 cm³/mol. The number of hydrogen-bond acceptors (Lipinski definition) is 2. The average Bonchev–Trinajstić information content (AvgIpc) is 2.10. The van der Waals surface area contributed by atoms with Crippen LogP contribution in [0.25, 0.3) is 0 Å². The Morgan fingerprint density at radius 1 is 1.40 bits per heavy atom. The lowest BCUT2D eigenvalue weighted by Gasteiger charge is -2.27. The van der Waals surface area contributed by atoms with Crippen LogP contribution in [-0.4, -0.2) is 18.0 Å². The Morgan fingerprint density at radius 2 is 2.07 bits per heavy atom. The smallest absolute Gasteiger partial charge is 0.223 e. The van der Waals surface area contributed by atoms with Crippen molar-refractivity contribution in [2.24, 2.45) is 11.7 Å². The maximum absolute atomic E-state index is 11.7. The average molecular weight is 212 g/mol. The fourth-order valence-corrected chi connectivity index (χ4v) is 1.77. The fraction of sp³-hybridized carbons (Fsp3) is 0.917. The molecule has 0 bridgehead atoms. The third-order valence-corrected chi connectivity index (χ3v) is 3.20. The van der Waals surface area contributed by atoms with E-state index in [0.29, 0.717) is 6.04 Å². The number of nitrogens with two attached hydrogens (primary N) is 1. The lowest BCUT2D eigenvalue weighted by Crippen LogP contribution is -2.42. The highest BCUT2D eigenvalue weighted by molar-refractivity contribution is 5.78. The standard InChI is InChI=1S/C12H24N2O/c1-9(5-3-6-10(2)13)12(15)14-11-7-4-8-11/h9-11H,3-8,13H2,1-2H3,(H,14,15). The first-order valence-electron chi connectivity index (χ1n) is 6.15. The van der Waals surface area contributed by atoms with Crippen molar-refractivity contribution in [3.05, 3.63) is 0 Å². The molecule has 15 heavy (non-hydrogen) atoms. The minimum Gasteiger partial charge on any atom is -0.353 e. The van der Waals surface area contributed by atoms with E-state index in [1.54, 1.807) is 0 Å². The van der Waals surface area contributed by atoms with Gasteiger partial charge in [-0.2, -0.15) is 0 Å². The fourth-order valence-electron chi connectivity index (χ4n) is 1.77. The van der Waals surface area contributed by atoms with Gasteiger partial charge in [-0.25, -0.2) is 0 Å². The lowest BCUT2D eigenvalue weighted by molar-refractivity contribution is -0.126. The number of hydrogen-bond donors (Lipinski definition) is 2. The molecule has 1 rings (SSSR count). The number of carbonyl (C=O) groups is 1. The van der Waals surface area contributed by atoms with Gasteiger partial charge in [0.2, 0.25) is 5.91 Å². The number of rotatable bonds is 6. The van der Waals surface area contributed by atoms with Crippen LogP contribution in [0.3, 0.4) is 0 Å². The van der Waals surface area contributed by atoms with Crippen LogP contribution in [0.15, 0.2) is 0 Å². The summed E-state index contributed by atoms with van der Waals surface area (Å²) in [5.41, 5.74) is 5.67. The highest BCUT2D eigenvalue weighted by Crippen LogP contribution is 2.19. The molecule has 0 saturated heterocycles. The number of carbonyl (C=O) groups excluding carboxylic acids is 1. The van der Waals surface area contributed by atoms with E-state index in [2.05, 4.69) is 5.32 Å². The first-order valence-corrected chi connectivity index (χ1v) is 6.15. The van der Waals surface area contributed by atoms with E-state index in [1.807, 2.05) is 13.8 Å². The van der Waals surface area contributed by atoms with Gasteiger partial charge in [0.25, 0.3) is 0 Å². The van der Waals surface area contributed by atoms with Crippen LogP contribution in [0, 0.1) is 5.92 Å². The van der Waals surface area contributed by atoms with E-state index >= 15 is 0 Å². The van der Waals surface area contributed by atoms with Crippen molar-refractivity contribution in [1.82, 2.24) is 5.32 Å². The summed E-state index contributed by atoms with van der Waals surface area (Å²) in [4.78, 5) is 11.7. The van der Waals surface area contributed by atoms with Crippen LogP contribution in [0.5, 0.6) is 0 Å². The summed E-state index contributed by atoms with van der Waals surface area (Å²) in [7, 11) is 0. The SMILES string of the molecule is CC(N)CCCC(C)C(=O)NC1CCC1. The summed E-state index contributed by atoms with van der Waals surface area (Å²) < 4.78 is 0. The second-order valence-corrected chi connectivity index (χ2v) is 4.95. The maximum Gasteiger partial charge on any atom is 0.223 e. The molecule has 0 aromatic rings. The normalized spacial score (nSPS) is 20.5. The van der Waals surface area contributed by atoms with Gasteiger partial charge in [-0.05, 0) is 39.0 Å². The summed E-state index contributed by atoms with van der Waals surface area (Å²) in [6.45, 7) is 4.02. The van der Waals surface area contributed by atoms with Crippen molar-refractivity contribution in [2.45, 2.75) is 64.5 Å². The molecular weight excluding hydrogens is 188 g/mol. The summed E-state index contributed by atoms with van der Waals surface area (Å²) in [5, 5.41) is 3.08. The first kappa shape index (κ1) is 12.5. The third-order valence-electron chi connectivity index (χ3n) is 3.20. The quantitative estimate of drug-likeness (QED) is 0.705. The van der Waals surface area contributed by atoms with Gasteiger partial charge in [-0.3, -0.25) is 4.79 Å². The van der Waals surface area contributed by atoms with Crippen molar-refractivity contribution in [2.75, 3.05) is 0 Å². The van der Waals surface area contributed by atoms with Crippen LogP contribution in [-0.2, 0) is 4.79 Å². The highest BCUT2D eigenvalue weighted by Gasteiger charge is 2.21. The van der Waals surface area contributed by atoms with Crippen LogP contribution < -0.4 is 11.1 Å². The third kappa shape index (κ3) is 4.65. The van der Waals surface area contributed by atoms with Gasteiger partial charge in [0, 0.05) is 18.0 Å². The van der Waals surface area contributed by atoms with Crippen LogP contribution in [0.2, 0.25) is 0 Å². The zero-order valence-corrected chi connectivity index (χ0v) is 9.96. The van der Waals surface area contributed by atoms with Crippen LogP contribution in [0.1, 0.15) is 52.4 Å². The molecule has 3 nitrogen and oxygen atoms in total. The number of amides is 1. The topological polar surface area (TPSA) is 55.1 Å². The second kappa shape index (κ2) is 6.11. The second-order valence-electron chi connectivity index (χ2n) is 4.95. The summed E-state index contributed by atoms with van der Waals surface area (Å²) in [6.07, 6.45) is 6.62. The Bertz CT molecular complexity index is 200. The van der Waals surface area contributed by atoms with Crippen molar-refractivity contribution in [3.8, 4) is 0 Å². The van der Waals surface area contributed by atoms with E-state index in [-0.39, 0.29) is 17.9 Å². The van der Waals surface area contributed by atoms with E-state index in [9.17, 15) is 4.79 Å². The van der Waals surface area contributed by atoms with E-state index in [4.69, 9.17) is 5.73 Å². The zero-order chi connectivity index (χ0) is 11.3. The Balaban J connectivity index is 2.09. The maximum atomic E-state index is 11.7. The molecule has 1 fully saturated rings. The van der Waals surface area contributed by atoms with E-state index < -0.39 is 0 Å². The lowest BCUT2D eigenvalue weighted by atomic mass is 9.92. The molecule has 1 aliphatic carbocycles. The van der Waals surface area contributed by atoms with Crippen molar-refractivity contribution >= 4 is 5.91 Å². The molecule has 2 atom stereocenters. The molecule has 88 valence electrons.